The highest BCUT2D eigenvalue weighted by atomic mass is 16.6. The number of carboxylic acid groups (broad SMARTS) is 1. The summed E-state index contributed by atoms with van der Waals surface area (Å²) in [5.74, 6) is 0.986. The number of carboxylic acids is 1. The molecule has 4 saturated carbocycles. The second-order valence-electron chi connectivity index (χ2n) is 10.5. The molecule has 1 atom stereocenters. The van der Waals surface area contributed by atoms with Crippen molar-refractivity contribution < 1.29 is 29.3 Å². The van der Waals surface area contributed by atoms with Crippen LogP contribution < -0.4 is 0 Å². The number of aromatic hydroxyl groups is 1. The molecule has 4 aliphatic rings. The second kappa shape index (κ2) is 9.53. The number of methoxy groups -OCH3 is 1. The zero-order valence-electron chi connectivity index (χ0n) is 20.0. The van der Waals surface area contributed by atoms with Gasteiger partial charge in [0.15, 0.2) is 0 Å². The molecule has 0 spiro atoms. The van der Waals surface area contributed by atoms with Crippen LogP contribution in [0.5, 0.6) is 5.75 Å². The molecule has 0 saturated heterocycles. The summed E-state index contributed by atoms with van der Waals surface area (Å²) in [6.45, 7) is 0.0329. The van der Waals surface area contributed by atoms with Gasteiger partial charge in [0.2, 0.25) is 5.72 Å². The molecule has 0 radical (unpaired) electrons. The van der Waals surface area contributed by atoms with Crippen LogP contribution >= 0.6 is 0 Å². The first-order valence-electron chi connectivity index (χ1n) is 12.5. The fraction of sp³-hybridized carbons (Fsp3) is 0.500. The molecule has 0 aromatic heterocycles. The number of aliphatic carboxylic acids is 1. The van der Waals surface area contributed by atoms with Gasteiger partial charge in [0.1, 0.15) is 11.9 Å². The van der Waals surface area contributed by atoms with Gasteiger partial charge in [-0.15, -0.1) is 0 Å². The maximum absolute atomic E-state index is 13.8. The molecule has 2 N–H and O–H groups in total. The van der Waals surface area contributed by atoms with E-state index in [2.05, 4.69) is 0 Å². The minimum Gasteiger partial charge on any atom is -0.508 e. The molecule has 35 heavy (non-hydrogen) atoms. The highest BCUT2D eigenvalue weighted by molar-refractivity contribution is 5.83. The topological polar surface area (TPSA) is 96.3 Å². The van der Waals surface area contributed by atoms with Crippen LogP contribution in [0.4, 0.5) is 4.79 Å². The van der Waals surface area contributed by atoms with Gasteiger partial charge in [-0.1, -0.05) is 42.5 Å². The number of carbonyl (C=O) groups excluding carboxylic acids is 1. The highest BCUT2D eigenvalue weighted by Crippen LogP contribution is 2.54. The zero-order valence-corrected chi connectivity index (χ0v) is 20.0. The van der Waals surface area contributed by atoms with E-state index in [1.54, 1.807) is 12.1 Å². The van der Waals surface area contributed by atoms with Crippen molar-refractivity contribution in [3.63, 3.8) is 0 Å². The van der Waals surface area contributed by atoms with Crippen molar-refractivity contribution in [3.05, 3.63) is 65.7 Å². The standard InChI is InChI=1S/C28H33NO6/c1-34-28(26(31)32,16-18-7-9-24(30)10-8-18)29(17-19-5-3-2-4-6-19)27(33)35-25-22-12-20-11-21(14-22)15-23(25)13-20/h2-10,20-23,25,30H,11-17H2,1H3,(H,31,32). The van der Waals surface area contributed by atoms with Crippen LogP contribution in [-0.2, 0) is 27.2 Å². The Hall–Kier alpha value is -3.06. The number of phenols is 1. The van der Waals surface area contributed by atoms with E-state index in [9.17, 15) is 19.8 Å². The van der Waals surface area contributed by atoms with Gasteiger partial charge in [-0.25, -0.2) is 9.59 Å². The van der Waals surface area contributed by atoms with E-state index in [0.29, 0.717) is 17.4 Å². The first kappa shape index (κ1) is 23.7. The molecule has 4 bridgehead atoms. The number of nitrogens with zero attached hydrogens (tertiary/aromatic N) is 1. The molecular weight excluding hydrogens is 446 g/mol. The number of hydrogen-bond acceptors (Lipinski definition) is 5. The third kappa shape index (κ3) is 4.61. The third-order valence-corrected chi connectivity index (χ3v) is 8.27. The van der Waals surface area contributed by atoms with Crippen molar-refractivity contribution in [2.45, 2.75) is 56.9 Å². The lowest BCUT2D eigenvalue weighted by atomic mass is 9.55. The van der Waals surface area contributed by atoms with Crippen molar-refractivity contribution in [1.82, 2.24) is 4.90 Å². The largest absolute Gasteiger partial charge is 0.508 e. The Bertz CT molecular complexity index is 1030. The van der Waals surface area contributed by atoms with E-state index in [1.165, 1.54) is 30.6 Å². The molecule has 7 heteroatoms. The van der Waals surface area contributed by atoms with Gasteiger partial charge in [0.25, 0.3) is 0 Å². The summed E-state index contributed by atoms with van der Waals surface area (Å²) in [6.07, 6.45) is 4.73. The second-order valence-corrected chi connectivity index (χ2v) is 10.5. The van der Waals surface area contributed by atoms with Crippen LogP contribution in [0.25, 0.3) is 0 Å². The number of amides is 1. The fourth-order valence-electron chi connectivity index (χ4n) is 6.80. The van der Waals surface area contributed by atoms with Crippen LogP contribution in [0.1, 0.15) is 43.2 Å². The van der Waals surface area contributed by atoms with Gasteiger partial charge in [0, 0.05) is 13.5 Å². The molecular formula is C28H33NO6. The third-order valence-electron chi connectivity index (χ3n) is 8.27. The molecule has 4 aliphatic carbocycles. The SMILES string of the molecule is COC(Cc1ccc(O)cc1)(C(=O)O)N(Cc1ccccc1)C(=O)OC1C2CC3CC(C2)CC1C3. The van der Waals surface area contributed by atoms with Gasteiger partial charge < -0.3 is 19.7 Å². The highest BCUT2D eigenvalue weighted by Gasteiger charge is 2.53. The Morgan fingerprint density at radius 2 is 1.51 bits per heavy atom. The summed E-state index contributed by atoms with van der Waals surface area (Å²) in [5.41, 5.74) is -0.578. The van der Waals surface area contributed by atoms with Crippen molar-refractivity contribution in [3.8, 4) is 5.75 Å². The number of benzene rings is 2. The number of ether oxygens (including phenoxy) is 2. The van der Waals surface area contributed by atoms with E-state index < -0.39 is 17.8 Å². The quantitative estimate of drug-likeness (QED) is 0.527. The Labute approximate surface area is 205 Å². The Morgan fingerprint density at radius 3 is 2.06 bits per heavy atom. The van der Waals surface area contributed by atoms with Crippen molar-refractivity contribution in [2.75, 3.05) is 7.11 Å². The van der Waals surface area contributed by atoms with Crippen LogP contribution in [-0.4, -0.2) is 46.1 Å². The van der Waals surface area contributed by atoms with Gasteiger partial charge >= 0.3 is 12.1 Å². The lowest BCUT2D eigenvalue weighted by molar-refractivity contribution is -0.191. The Morgan fingerprint density at radius 1 is 0.914 bits per heavy atom. The zero-order chi connectivity index (χ0) is 24.6. The van der Waals surface area contributed by atoms with Crippen LogP contribution in [0.3, 0.4) is 0 Å². The maximum atomic E-state index is 13.8. The molecule has 4 fully saturated rings. The summed E-state index contributed by atoms with van der Waals surface area (Å²) in [6, 6.07) is 15.5. The first-order chi connectivity index (χ1) is 16.9. The summed E-state index contributed by atoms with van der Waals surface area (Å²) in [5, 5.41) is 20.1. The molecule has 7 nitrogen and oxygen atoms in total. The van der Waals surface area contributed by atoms with E-state index in [4.69, 9.17) is 9.47 Å². The van der Waals surface area contributed by atoms with Gasteiger partial charge in [0.05, 0.1) is 6.54 Å². The normalized spacial score (nSPS) is 28.3. The van der Waals surface area contributed by atoms with Crippen LogP contribution in [0.15, 0.2) is 54.6 Å². The summed E-state index contributed by atoms with van der Waals surface area (Å²) < 4.78 is 11.8. The summed E-state index contributed by atoms with van der Waals surface area (Å²) in [4.78, 5) is 27.8. The average molecular weight is 480 g/mol. The maximum Gasteiger partial charge on any atom is 0.413 e. The van der Waals surface area contributed by atoms with Crippen molar-refractivity contribution in [1.29, 1.82) is 0 Å². The Balaban J connectivity index is 1.46. The number of hydrogen-bond donors (Lipinski definition) is 2. The van der Waals surface area contributed by atoms with Crippen molar-refractivity contribution >= 4 is 12.1 Å². The fourth-order valence-corrected chi connectivity index (χ4v) is 6.80. The van der Waals surface area contributed by atoms with E-state index in [1.807, 2.05) is 30.3 Å². The summed E-state index contributed by atoms with van der Waals surface area (Å²) in [7, 11) is 1.31. The number of rotatable bonds is 8. The lowest BCUT2D eigenvalue weighted by Gasteiger charge is -2.53. The van der Waals surface area contributed by atoms with Crippen molar-refractivity contribution in [2.24, 2.45) is 23.7 Å². The number of carbonyl (C=O) groups is 2. The predicted molar refractivity (Wildman–Crippen MR) is 128 cm³/mol. The van der Waals surface area contributed by atoms with Crippen LogP contribution in [0, 0.1) is 23.7 Å². The van der Waals surface area contributed by atoms with Crippen LogP contribution in [0.2, 0.25) is 0 Å². The Kier molecular flexibility index (Phi) is 6.45. The molecule has 1 unspecified atom stereocenters. The average Bonchev–Trinajstić information content (AvgIpc) is 2.84. The molecule has 0 aliphatic heterocycles. The molecule has 6 rings (SSSR count). The lowest BCUT2D eigenvalue weighted by Crippen LogP contribution is -2.61. The van der Waals surface area contributed by atoms with Gasteiger partial charge in [-0.2, -0.15) is 0 Å². The molecule has 186 valence electrons. The van der Waals surface area contributed by atoms with E-state index in [0.717, 1.165) is 43.1 Å². The number of phenolic OH excluding ortho intramolecular Hbond substituents is 1. The minimum atomic E-state index is -1.98. The summed E-state index contributed by atoms with van der Waals surface area (Å²) >= 11 is 0. The monoisotopic (exact) mass is 479 g/mol. The van der Waals surface area contributed by atoms with E-state index in [-0.39, 0.29) is 24.8 Å². The smallest absolute Gasteiger partial charge is 0.413 e. The molecule has 0 heterocycles. The molecule has 2 aromatic carbocycles. The predicted octanol–water partition coefficient (Wildman–Crippen LogP) is 4.83. The van der Waals surface area contributed by atoms with E-state index >= 15 is 0 Å². The molecule has 1 amide bonds. The van der Waals surface area contributed by atoms with Gasteiger partial charge in [-0.05, 0) is 79.0 Å². The first-order valence-corrected chi connectivity index (χ1v) is 12.5. The molecule has 2 aromatic rings. The minimum absolute atomic E-state index is 0.0329. The van der Waals surface area contributed by atoms with Gasteiger partial charge in [-0.3, -0.25) is 4.90 Å².